The van der Waals surface area contributed by atoms with Crippen LogP contribution < -0.4 is 4.74 Å². The molecule has 0 radical (unpaired) electrons. The lowest BCUT2D eigenvalue weighted by molar-refractivity contribution is -0.138. The molecular weight excluding hydrogens is 311 g/mol. The van der Waals surface area contributed by atoms with Crippen molar-refractivity contribution in [2.24, 2.45) is 0 Å². The second-order valence-electron chi connectivity index (χ2n) is 4.57. The molecule has 3 nitrogen and oxygen atoms in total. The van der Waals surface area contributed by atoms with Crippen LogP contribution in [0.5, 0.6) is 5.75 Å². The van der Waals surface area contributed by atoms with Crippen molar-refractivity contribution in [3.05, 3.63) is 63.6 Å². The number of carboxylic acid groups (broad SMARTS) is 1. The Balaban J connectivity index is 2.38. The number of carbonyl (C=O) groups is 1. The monoisotopic (exact) mass is 324 g/mol. The minimum atomic E-state index is -0.931. The molecule has 0 saturated heterocycles. The van der Waals surface area contributed by atoms with Crippen molar-refractivity contribution in [1.29, 1.82) is 0 Å². The molecule has 0 aliphatic carbocycles. The molecule has 1 unspecified atom stereocenters. The number of carboxylic acids is 1. The third-order valence-electron chi connectivity index (χ3n) is 3.26. The lowest BCUT2D eigenvalue weighted by atomic mass is 9.92. The number of halogens is 2. The first-order chi connectivity index (χ1) is 10.0. The summed E-state index contributed by atoms with van der Waals surface area (Å²) in [6.07, 6.45) is 0.223. The Bertz CT molecular complexity index is 635. The van der Waals surface area contributed by atoms with Crippen molar-refractivity contribution in [3.8, 4) is 5.75 Å². The van der Waals surface area contributed by atoms with E-state index in [-0.39, 0.29) is 6.42 Å². The van der Waals surface area contributed by atoms with Crippen LogP contribution in [0.3, 0.4) is 0 Å². The number of aliphatic carboxylic acids is 1. The van der Waals surface area contributed by atoms with Gasteiger partial charge in [-0.05, 0) is 41.8 Å². The van der Waals surface area contributed by atoms with Crippen molar-refractivity contribution in [1.82, 2.24) is 0 Å². The zero-order chi connectivity index (χ0) is 15.4. The van der Waals surface area contributed by atoms with E-state index in [0.717, 1.165) is 0 Å². The van der Waals surface area contributed by atoms with Crippen LogP contribution in [-0.4, -0.2) is 18.2 Å². The SMILES string of the molecule is COc1cccc(C(Cc2c(Cl)cccc2Cl)C(=O)O)c1. The molecular formula is C16H14Cl2O3. The molecule has 0 aliphatic rings. The molecule has 21 heavy (non-hydrogen) atoms. The molecule has 2 aromatic carbocycles. The van der Waals surface area contributed by atoms with E-state index in [1.165, 1.54) is 0 Å². The first-order valence-electron chi connectivity index (χ1n) is 6.32. The minimum absolute atomic E-state index is 0.223. The van der Waals surface area contributed by atoms with E-state index < -0.39 is 11.9 Å². The van der Waals surface area contributed by atoms with Gasteiger partial charge in [-0.15, -0.1) is 0 Å². The Kier molecular flexibility index (Phi) is 5.10. The van der Waals surface area contributed by atoms with E-state index in [9.17, 15) is 9.90 Å². The van der Waals surface area contributed by atoms with Crippen LogP contribution in [0, 0.1) is 0 Å². The maximum atomic E-state index is 11.6. The Hall–Kier alpha value is -1.71. The maximum absolute atomic E-state index is 11.6. The number of methoxy groups -OCH3 is 1. The average molecular weight is 325 g/mol. The first kappa shape index (κ1) is 15.7. The fraction of sp³-hybridized carbons (Fsp3) is 0.188. The summed E-state index contributed by atoms with van der Waals surface area (Å²) in [5.41, 5.74) is 1.29. The number of benzene rings is 2. The van der Waals surface area contributed by atoms with Gasteiger partial charge in [0.2, 0.25) is 0 Å². The lowest BCUT2D eigenvalue weighted by Gasteiger charge is -2.15. The van der Waals surface area contributed by atoms with Crippen LogP contribution in [0.25, 0.3) is 0 Å². The highest BCUT2D eigenvalue weighted by atomic mass is 35.5. The summed E-state index contributed by atoms with van der Waals surface area (Å²) in [4.78, 5) is 11.6. The summed E-state index contributed by atoms with van der Waals surface area (Å²) in [5, 5.41) is 10.4. The van der Waals surface area contributed by atoms with Gasteiger partial charge in [0.1, 0.15) is 5.75 Å². The number of ether oxygens (including phenoxy) is 1. The van der Waals surface area contributed by atoms with Crippen molar-refractivity contribution in [2.45, 2.75) is 12.3 Å². The van der Waals surface area contributed by atoms with Crippen LogP contribution in [0.1, 0.15) is 17.0 Å². The van der Waals surface area contributed by atoms with Gasteiger partial charge >= 0.3 is 5.97 Å². The van der Waals surface area contributed by atoms with E-state index in [0.29, 0.717) is 26.9 Å². The predicted molar refractivity (Wildman–Crippen MR) is 83.5 cm³/mol. The standard InChI is InChI=1S/C16H14Cl2O3/c1-21-11-5-2-4-10(8-11)12(16(19)20)9-13-14(17)6-3-7-15(13)18/h2-8,12H,9H2,1H3,(H,19,20). The second kappa shape index (κ2) is 6.83. The van der Waals surface area contributed by atoms with Gasteiger partial charge in [-0.25, -0.2) is 0 Å². The van der Waals surface area contributed by atoms with Crippen molar-refractivity contribution < 1.29 is 14.6 Å². The Morgan fingerprint density at radius 3 is 2.38 bits per heavy atom. The molecule has 2 rings (SSSR count). The zero-order valence-corrected chi connectivity index (χ0v) is 12.9. The number of rotatable bonds is 5. The number of hydrogen-bond acceptors (Lipinski definition) is 2. The molecule has 5 heteroatoms. The van der Waals surface area contributed by atoms with E-state index in [2.05, 4.69) is 0 Å². The highest BCUT2D eigenvalue weighted by Crippen LogP contribution is 2.31. The van der Waals surface area contributed by atoms with Gasteiger partial charge in [-0.2, -0.15) is 0 Å². The molecule has 0 bridgehead atoms. The molecule has 0 fully saturated rings. The maximum Gasteiger partial charge on any atom is 0.311 e. The van der Waals surface area contributed by atoms with E-state index in [1.807, 2.05) is 0 Å². The van der Waals surface area contributed by atoms with E-state index in [1.54, 1.807) is 49.6 Å². The summed E-state index contributed by atoms with van der Waals surface area (Å²) in [6.45, 7) is 0. The summed E-state index contributed by atoms with van der Waals surface area (Å²) >= 11 is 12.2. The van der Waals surface area contributed by atoms with Gasteiger partial charge in [0.05, 0.1) is 13.0 Å². The molecule has 0 spiro atoms. The van der Waals surface area contributed by atoms with Gasteiger partial charge in [0.25, 0.3) is 0 Å². The fourth-order valence-corrected chi connectivity index (χ4v) is 2.69. The van der Waals surface area contributed by atoms with Gasteiger partial charge in [-0.3, -0.25) is 4.79 Å². The largest absolute Gasteiger partial charge is 0.497 e. The smallest absolute Gasteiger partial charge is 0.311 e. The third-order valence-corrected chi connectivity index (χ3v) is 3.97. The molecule has 1 N–H and O–H groups in total. The Morgan fingerprint density at radius 2 is 1.81 bits per heavy atom. The van der Waals surface area contributed by atoms with Gasteiger partial charge in [-0.1, -0.05) is 41.4 Å². The highest BCUT2D eigenvalue weighted by molar-refractivity contribution is 6.36. The van der Waals surface area contributed by atoms with Crippen LogP contribution in [0.15, 0.2) is 42.5 Å². The van der Waals surface area contributed by atoms with E-state index >= 15 is 0 Å². The van der Waals surface area contributed by atoms with Crippen molar-refractivity contribution in [3.63, 3.8) is 0 Å². The van der Waals surface area contributed by atoms with Gasteiger partial charge < -0.3 is 9.84 Å². The molecule has 0 aliphatic heterocycles. The molecule has 1 atom stereocenters. The van der Waals surface area contributed by atoms with Gasteiger partial charge in [0, 0.05) is 10.0 Å². The van der Waals surface area contributed by atoms with Crippen LogP contribution in [0.2, 0.25) is 10.0 Å². The van der Waals surface area contributed by atoms with Crippen LogP contribution in [-0.2, 0) is 11.2 Å². The topological polar surface area (TPSA) is 46.5 Å². The van der Waals surface area contributed by atoms with Gasteiger partial charge in [0.15, 0.2) is 0 Å². The summed E-state index contributed by atoms with van der Waals surface area (Å²) in [5.74, 6) is -1.05. The summed E-state index contributed by atoms with van der Waals surface area (Å²) in [7, 11) is 1.54. The molecule has 2 aromatic rings. The molecule has 0 heterocycles. The summed E-state index contributed by atoms with van der Waals surface area (Å²) in [6, 6.07) is 12.1. The quantitative estimate of drug-likeness (QED) is 0.885. The van der Waals surface area contributed by atoms with Crippen molar-refractivity contribution in [2.75, 3.05) is 7.11 Å². The fourth-order valence-electron chi connectivity index (χ4n) is 2.14. The molecule has 110 valence electrons. The highest BCUT2D eigenvalue weighted by Gasteiger charge is 2.23. The summed E-state index contributed by atoms with van der Waals surface area (Å²) < 4.78 is 5.14. The minimum Gasteiger partial charge on any atom is -0.497 e. The van der Waals surface area contributed by atoms with Crippen LogP contribution >= 0.6 is 23.2 Å². The zero-order valence-electron chi connectivity index (χ0n) is 11.3. The average Bonchev–Trinajstić information content (AvgIpc) is 2.46. The predicted octanol–water partition coefficient (Wildman–Crippen LogP) is 4.41. The molecule has 0 aromatic heterocycles. The van der Waals surface area contributed by atoms with Crippen LogP contribution in [0.4, 0.5) is 0 Å². The lowest BCUT2D eigenvalue weighted by Crippen LogP contribution is -2.15. The second-order valence-corrected chi connectivity index (χ2v) is 5.39. The third kappa shape index (κ3) is 3.69. The number of hydrogen-bond donors (Lipinski definition) is 1. The first-order valence-corrected chi connectivity index (χ1v) is 7.08. The Morgan fingerprint density at radius 1 is 1.19 bits per heavy atom. The van der Waals surface area contributed by atoms with E-state index in [4.69, 9.17) is 27.9 Å². The molecule has 0 amide bonds. The Labute approximate surface area is 133 Å². The molecule has 0 saturated carbocycles. The van der Waals surface area contributed by atoms with Crippen molar-refractivity contribution >= 4 is 29.2 Å². The normalized spacial score (nSPS) is 12.0.